The molecule has 3 aromatic rings. The van der Waals surface area contributed by atoms with Gasteiger partial charge in [0.05, 0.1) is 12.7 Å². The Kier molecular flexibility index (Phi) is 7.16. The molecule has 0 saturated heterocycles. The van der Waals surface area contributed by atoms with Gasteiger partial charge in [-0.3, -0.25) is 9.59 Å². The number of benzene rings is 1. The average molecular weight is 479 g/mol. The van der Waals surface area contributed by atoms with Gasteiger partial charge in [-0.1, -0.05) is 6.07 Å². The van der Waals surface area contributed by atoms with Crippen molar-refractivity contribution in [1.82, 2.24) is 9.88 Å². The van der Waals surface area contributed by atoms with Crippen molar-refractivity contribution in [1.29, 1.82) is 0 Å². The van der Waals surface area contributed by atoms with Crippen LogP contribution in [-0.4, -0.2) is 54.9 Å². The van der Waals surface area contributed by atoms with Gasteiger partial charge in [-0.15, -0.1) is 0 Å². The molecule has 184 valence electrons. The molecule has 35 heavy (non-hydrogen) atoms. The predicted octanol–water partition coefficient (Wildman–Crippen LogP) is 4.23. The minimum atomic E-state index is -0.552. The van der Waals surface area contributed by atoms with Gasteiger partial charge in [0.1, 0.15) is 17.1 Å². The summed E-state index contributed by atoms with van der Waals surface area (Å²) in [6.45, 7) is 1.90. The molecule has 2 N–H and O–H groups in total. The molecular formula is C26H30N4O5. The number of methoxy groups -OCH3 is 1. The third-order valence-corrected chi connectivity index (χ3v) is 6.51. The molecule has 1 fully saturated rings. The molecule has 0 atom stereocenters. The van der Waals surface area contributed by atoms with Crippen LogP contribution < -0.4 is 10.6 Å². The third kappa shape index (κ3) is 5.35. The van der Waals surface area contributed by atoms with E-state index in [2.05, 4.69) is 34.6 Å². The molecule has 0 radical (unpaired) electrons. The second-order valence-corrected chi connectivity index (χ2v) is 9.14. The van der Waals surface area contributed by atoms with Crippen molar-refractivity contribution >= 4 is 40.3 Å². The highest BCUT2D eigenvalue weighted by molar-refractivity contribution is 6.15. The smallest absolute Gasteiger partial charge is 0.337 e. The molecule has 1 aliphatic rings. The van der Waals surface area contributed by atoms with Crippen molar-refractivity contribution in [3.05, 3.63) is 53.4 Å². The fraction of sp³-hybridized carbons (Fsp3) is 0.385. The SMILES string of the molecule is COC(=O)c1ccc2oc(C(=O)Nc3ccc(C)cn3)c(NC(=O)C3CCC(N(C)C)CC3)c2c1. The number of furan rings is 1. The second kappa shape index (κ2) is 10.3. The highest BCUT2D eigenvalue weighted by Crippen LogP contribution is 2.34. The normalized spacial score (nSPS) is 17.9. The van der Waals surface area contributed by atoms with Crippen molar-refractivity contribution in [3.8, 4) is 0 Å². The number of aryl methyl sites for hydroxylation is 1. The van der Waals surface area contributed by atoms with Gasteiger partial charge in [-0.25, -0.2) is 9.78 Å². The van der Waals surface area contributed by atoms with Gasteiger partial charge >= 0.3 is 5.97 Å². The lowest BCUT2D eigenvalue weighted by atomic mass is 9.85. The van der Waals surface area contributed by atoms with Crippen LogP contribution in [0.5, 0.6) is 0 Å². The van der Waals surface area contributed by atoms with E-state index in [1.807, 2.05) is 13.0 Å². The number of aromatic nitrogens is 1. The molecule has 1 saturated carbocycles. The van der Waals surface area contributed by atoms with E-state index in [9.17, 15) is 14.4 Å². The third-order valence-electron chi connectivity index (χ3n) is 6.51. The van der Waals surface area contributed by atoms with Gasteiger partial charge in [0.25, 0.3) is 5.91 Å². The van der Waals surface area contributed by atoms with Gasteiger partial charge in [0.2, 0.25) is 11.7 Å². The van der Waals surface area contributed by atoms with Gasteiger partial charge < -0.3 is 24.7 Å². The minimum absolute atomic E-state index is 0.0558. The van der Waals surface area contributed by atoms with E-state index < -0.39 is 11.9 Å². The van der Waals surface area contributed by atoms with E-state index in [1.165, 1.54) is 7.11 Å². The lowest BCUT2D eigenvalue weighted by Gasteiger charge is -2.31. The molecule has 0 spiro atoms. The first-order valence-electron chi connectivity index (χ1n) is 11.6. The number of hydrogen-bond acceptors (Lipinski definition) is 7. The first-order chi connectivity index (χ1) is 16.8. The van der Waals surface area contributed by atoms with Crippen molar-refractivity contribution in [2.75, 3.05) is 31.8 Å². The molecule has 9 nitrogen and oxygen atoms in total. The standard InChI is InChI=1S/C26H30N4O5/c1-15-5-12-21(27-14-15)28-25(32)23-22(19-13-17(26(33)34-4)8-11-20(19)35-23)29-24(31)16-6-9-18(10-7-16)30(2)3/h5,8,11-14,16,18H,6-7,9-10H2,1-4H3,(H,29,31)(H,27,28,32). The van der Waals surface area contributed by atoms with Crippen LogP contribution >= 0.6 is 0 Å². The van der Waals surface area contributed by atoms with Gasteiger partial charge in [0.15, 0.2) is 0 Å². The number of pyridine rings is 1. The Labute approximate surface area is 203 Å². The average Bonchev–Trinajstić information content (AvgIpc) is 3.22. The number of carbonyl (C=O) groups is 3. The van der Waals surface area contributed by atoms with Crippen molar-refractivity contribution in [2.24, 2.45) is 5.92 Å². The zero-order valence-corrected chi connectivity index (χ0v) is 20.4. The highest BCUT2D eigenvalue weighted by Gasteiger charge is 2.30. The lowest BCUT2D eigenvalue weighted by Crippen LogP contribution is -2.35. The topological polar surface area (TPSA) is 114 Å². The van der Waals surface area contributed by atoms with Gasteiger partial charge in [-0.2, -0.15) is 0 Å². The minimum Gasteiger partial charge on any atom is -0.465 e. The summed E-state index contributed by atoms with van der Waals surface area (Å²) in [5.74, 6) is -1.12. The summed E-state index contributed by atoms with van der Waals surface area (Å²) in [6.07, 6.45) is 5.01. The maximum Gasteiger partial charge on any atom is 0.337 e. The largest absolute Gasteiger partial charge is 0.465 e. The molecule has 0 bridgehead atoms. The maximum absolute atomic E-state index is 13.2. The lowest BCUT2D eigenvalue weighted by molar-refractivity contribution is -0.121. The zero-order chi connectivity index (χ0) is 25.1. The number of hydrogen-bond donors (Lipinski definition) is 2. The monoisotopic (exact) mass is 478 g/mol. The number of amides is 2. The summed E-state index contributed by atoms with van der Waals surface area (Å²) in [5, 5.41) is 6.09. The number of carbonyl (C=O) groups excluding carboxylic acids is 3. The highest BCUT2D eigenvalue weighted by atomic mass is 16.5. The van der Waals surface area contributed by atoms with Crippen LogP contribution in [-0.2, 0) is 9.53 Å². The number of fused-ring (bicyclic) bond motifs is 1. The fourth-order valence-electron chi connectivity index (χ4n) is 4.42. The Morgan fingerprint density at radius 3 is 2.43 bits per heavy atom. The van der Waals surface area contributed by atoms with Crippen LogP contribution in [0, 0.1) is 12.8 Å². The molecule has 4 rings (SSSR count). The molecular weight excluding hydrogens is 448 g/mol. The number of ether oxygens (including phenoxy) is 1. The molecule has 0 unspecified atom stereocenters. The summed E-state index contributed by atoms with van der Waals surface area (Å²) in [6, 6.07) is 8.67. The van der Waals surface area contributed by atoms with Crippen molar-refractivity contribution < 1.29 is 23.5 Å². The Bertz CT molecular complexity index is 1240. The fourth-order valence-corrected chi connectivity index (χ4v) is 4.42. The van der Waals surface area contributed by atoms with Gasteiger partial charge in [0, 0.05) is 23.5 Å². The van der Waals surface area contributed by atoms with Crippen molar-refractivity contribution in [3.63, 3.8) is 0 Å². The number of anilines is 2. The van der Waals surface area contributed by atoms with Crippen LogP contribution in [0.15, 0.2) is 40.9 Å². The van der Waals surface area contributed by atoms with Gasteiger partial charge in [-0.05, 0) is 76.5 Å². The summed E-state index contributed by atoms with van der Waals surface area (Å²) in [4.78, 5) is 44.9. The van der Waals surface area contributed by atoms with Crippen LogP contribution in [0.2, 0.25) is 0 Å². The molecule has 1 aromatic carbocycles. The summed E-state index contributed by atoms with van der Waals surface area (Å²) < 4.78 is 10.7. The van der Waals surface area contributed by atoms with E-state index in [1.54, 1.807) is 30.5 Å². The molecule has 2 amide bonds. The van der Waals surface area contributed by atoms with Crippen LogP contribution in [0.1, 0.15) is 52.2 Å². The van der Waals surface area contributed by atoms with E-state index >= 15 is 0 Å². The Hall–Kier alpha value is -3.72. The number of esters is 1. The van der Waals surface area contributed by atoms with Crippen molar-refractivity contribution in [2.45, 2.75) is 38.6 Å². The molecule has 9 heteroatoms. The number of nitrogens with zero attached hydrogens (tertiary/aromatic N) is 2. The summed E-state index contributed by atoms with van der Waals surface area (Å²) in [7, 11) is 5.40. The summed E-state index contributed by atoms with van der Waals surface area (Å²) >= 11 is 0. The number of nitrogens with one attached hydrogen (secondary N) is 2. The Balaban J connectivity index is 1.65. The van der Waals surface area contributed by atoms with Crippen LogP contribution in [0.25, 0.3) is 11.0 Å². The van der Waals surface area contributed by atoms with E-state index in [0.717, 1.165) is 31.2 Å². The first-order valence-corrected chi connectivity index (χ1v) is 11.6. The van der Waals surface area contributed by atoms with E-state index in [0.29, 0.717) is 22.8 Å². The molecule has 1 aliphatic carbocycles. The van der Waals surface area contributed by atoms with E-state index in [-0.39, 0.29) is 28.8 Å². The second-order valence-electron chi connectivity index (χ2n) is 9.14. The van der Waals surface area contributed by atoms with Crippen LogP contribution in [0.3, 0.4) is 0 Å². The Morgan fingerprint density at radius 2 is 1.80 bits per heavy atom. The maximum atomic E-state index is 13.2. The molecule has 2 heterocycles. The zero-order valence-electron chi connectivity index (χ0n) is 20.4. The van der Waals surface area contributed by atoms with E-state index in [4.69, 9.17) is 9.15 Å². The molecule has 2 aromatic heterocycles. The predicted molar refractivity (Wildman–Crippen MR) is 133 cm³/mol. The summed E-state index contributed by atoms with van der Waals surface area (Å²) in [5.41, 5.74) is 1.84. The van der Waals surface area contributed by atoms with Crippen LogP contribution in [0.4, 0.5) is 11.5 Å². The first kappa shape index (κ1) is 24.4. The Morgan fingerprint density at radius 1 is 1.06 bits per heavy atom. The quantitative estimate of drug-likeness (QED) is 0.510. The number of rotatable bonds is 6. The molecule has 0 aliphatic heterocycles.